The van der Waals surface area contributed by atoms with Crippen LogP contribution >= 0.6 is 0 Å². The Morgan fingerprint density at radius 3 is 2.29 bits per heavy atom. The zero-order valence-electron chi connectivity index (χ0n) is 13.5. The average Bonchev–Trinajstić information content (AvgIpc) is 2.57. The highest BCUT2D eigenvalue weighted by atomic mass is 16.5. The van der Waals surface area contributed by atoms with E-state index in [4.69, 9.17) is 20.0 Å². The first-order valence-corrected chi connectivity index (χ1v) is 7.44. The number of esters is 1. The number of hydrogen-bond acceptors (Lipinski definition) is 5. The molecule has 0 bridgehead atoms. The van der Waals surface area contributed by atoms with Crippen LogP contribution in [-0.2, 0) is 16.0 Å². The molecule has 0 aliphatic heterocycles. The van der Waals surface area contributed by atoms with E-state index >= 15 is 0 Å². The molecule has 0 N–H and O–H groups in total. The number of nitriles is 2. The Hall–Kier alpha value is -3.31. The van der Waals surface area contributed by atoms with Gasteiger partial charge in [0.05, 0.1) is 36.3 Å². The van der Waals surface area contributed by atoms with Gasteiger partial charge < -0.3 is 9.47 Å². The number of carbonyl (C=O) groups excluding carboxylic acids is 1. The molecule has 0 unspecified atom stereocenters. The number of rotatable bonds is 5. The van der Waals surface area contributed by atoms with Gasteiger partial charge in [0, 0.05) is 0 Å². The summed E-state index contributed by atoms with van der Waals surface area (Å²) in [5.74, 6) is 0.749. The summed E-state index contributed by atoms with van der Waals surface area (Å²) in [6.45, 7) is 3.99. The molecule has 0 aliphatic rings. The zero-order valence-corrected chi connectivity index (χ0v) is 13.5. The normalized spacial score (nSPS) is 9.67. The third-order valence-electron chi connectivity index (χ3n) is 3.29. The SMILES string of the molecule is CCOC(=O)Cc1ccc(Oc2cc(C#N)cc(C#N)c2)c(C)c1. The Balaban J connectivity index is 2.21. The van der Waals surface area contributed by atoms with E-state index in [1.807, 2.05) is 25.1 Å². The molecule has 0 heterocycles. The van der Waals surface area contributed by atoms with Crippen LogP contribution in [0, 0.1) is 29.6 Å². The molecule has 0 aromatic heterocycles. The Morgan fingerprint density at radius 1 is 1.08 bits per heavy atom. The fourth-order valence-corrected chi connectivity index (χ4v) is 2.23. The Labute approximate surface area is 140 Å². The van der Waals surface area contributed by atoms with E-state index in [1.165, 1.54) is 6.07 Å². The predicted octanol–water partition coefficient (Wildman–Crippen LogP) is 3.64. The molecule has 0 saturated carbocycles. The molecule has 5 nitrogen and oxygen atoms in total. The molecule has 120 valence electrons. The molecule has 2 aromatic carbocycles. The minimum absolute atomic E-state index is 0.206. The summed E-state index contributed by atoms with van der Waals surface area (Å²) < 4.78 is 10.7. The predicted molar refractivity (Wildman–Crippen MR) is 87.5 cm³/mol. The Morgan fingerprint density at radius 2 is 1.75 bits per heavy atom. The molecule has 0 saturated heterocycles. The maximum Gasteiger partial charge on any atom is 0.310 e. The molecule has 0 atom stereocenters. The highest BCUT2D eigenvalue weighted by Gasteiger charge is 2.09. The standard InChI is InChI=1S/C19H16N2O3/c1-3-23-19(22)10-14-4-5-18(13(2)6-14)24-17-8-15(11-20)7-16(9-17)12-21/h4-9H,3,10H2,1-2H3. The lowest BCUT2D eigenvalue weighted by Crippen LogP contribution is -2.07. The second-order valence-electron chi connectivity index (χ2n) is 5.15. The number of nitrogens with zero attached hydrogens (tertiary/aromatic N) is 2. The summed E-state index contributed by atoms with van der Waals surface area (Å²) >= 11 is 0. The lowest BCUT2D eigenvalue weighted by atomic mass is 10.1. The molecule has 0 amide bonds. The van der Waals surface area contributed by atoms with E-state index in [0.717, 1.165) is 11.1 Å². The molecule has 0 fully saturated rings. The van der Waals surface area contributed by atoms with Crippen molar-refractivity contribution < 1.29 is 14.3 Å². The largest absolute Gasteiger partial charge is 0.466 e. The van der Waals surface area contributed by atoms with Crippen LogP contribution in [-0.4, -0.2) is 12.6 Å². The number of hydrogen-bond donors (Lipinski definition) is 0. The summed E-state index contributed by atoms with van der Waals surface area (Å²) in [5, 5.41) is 18.0. The van der Waals surface area contributed by atoms with E-state index in [1.54, 1.807) is 31.2 Å². The van der Waals surface area contributed by atoms with Crippen LogP contribution in [0.25, 0.3) is 0 Å². The van der Waals surface area contributed by atoms with Crippen molar-refractivity contribution in [3.05, 3.63) is 58.7 Å². The van der Waals surface area contributed by atoms with Crippen molar-refractivity contribution in [2.75, 3.05) is 6.61 Å². The van der Waals surface area contributed by atoms with Crippen LogP contribution in [0.3, 0.4) is 0 Å². The third-order valence-corrected chi connectivity index (χ3v) is 3.29. The van der Waals surface area contributed by atoms with Gasteiger partial charge >= 0.3 is 5.97 Å². The maximum atomic E-state index is 11.5. The van der Waals surface area contributed by atoms with Gasteiger partial charge in [0.15, 0.2) is 0 Å². The monoisotopic (exact) mass is 320 g/mol. The smallest absolute Gasteiger partial charge is 0.310 e. The van der Waals surface area contributed by atoms with Gasteiger partial charge in [0.1, 0.15) is 11.5 Å². The number of aryl methyl sites for hydroxylation is 1. The second-order valence-corrected chi connectivity index (χ2v) is 5.15. The number of ether oxygens (including phenoxy) is 2. The molecule has 0 aliphatic carbocycles. The van der Waals surface area contributed by atoms with Crippen molar-refractivity contribution in [2.24, 2.45) is 0 Å². The molecular formula is C19H16N2O3. The molecule has 0 radical (unpaired) electrons. The number of benzene rings is 2. The molecular weight excluding hydrogens is 304 g/mol. The molecule has 5 heteroatoms. The highest BCUT2D eigenvalue weighted by molar-refractivity contribution is 5.72. The van der Waals surface area contributed by atoms with Crippen molar-refractivity contribution in [2.45, 2.75) is 20.3 Å². The van der Waals surface area contributed by atoms with Gasteiger partial charge in [-0.2, -0.15) is 10.5 Å². The van der Waals surface area contributed by atoms with Crippen LogP contribution in [0.1, 0.15) is 29.2 Å². The topological polar surface area (TPSA) is 83.1 Å². The Bertz CT molecular complexity index is 812. The van der Waals surface area contributed by atoms with E-state index in [2.05, 4.69) is 0 Å². The van der Waals surface area contributed by atoms with Crippen molar-refractivity contribution >= 4 is 5.97 Å². The molecule has 2 aromatic rings. The highest BCUT2D eigenvalue weighted by Crippen LogP contribution is 2.27. The number of carbonyl (C=O) groups is 1. The van der Waals surface area contributed by atoms with Gasteiger partial charge in [-0.15, -0.1) is 0 Å². The average molecular weight is 320 g/mol. The first-order valence-electron chi connectivity index (χ1n) is 7.44. The quantitative estimate of drug-likeness (QED) is 0.785. The second kappa shape index (κ2) is 7.80. The van der Waals surface area contributed by atoms with E-state index in [0.29, 0.717) is 29.2 Å². The van der Waals surface area contributed by atoms with Gasteiger partial charge in [-0.1, -0.05) is 12.1 Å². The lowest BCUT2D eigenvalue weighted by molar-refractivity contribution is -0.142. The maximum absolute atomic E-state index is 11.5. The van der Waals surface area contributed by atoms with Crippen molar-refractivity contribution in [1.82, 2.24) is 0 Å². The summed E-state index contributed by atoms with van der Waals surface area (Å²) in [5.41, 5.74) is 2.40. The van der Waals surface area contributed by atoms with Crippen molar-refractivity contribution in [3.8, 4) is 23.6 Å². The van der Waals surface area contributed by atoms with Crippen LogP contribution in [0.5, 0.6) is 11.5 Å². The summed E-state index contributed by atoms with van der Waals surface area (Å²) in [6, 6.07) is 14.1. The van der Waals surface area contributed by atoms with Crippen molar-refractivity contribution in [3.63, 3.8) is 0 Å². The Kier molecular flexibility index (Phi) is 5.54. The van der Waals surface area contributed by atoms with Crippen LogP contribution < -0.4 is 4.74 Å². The van der Waals surface area contributed by atoms with Gasteiger partial charge in [-0.25, -0.2) is 0 Å². The fraction of sp³-hybridized carbons (Fsp3) is 0.211. The van der Waals surface area contributed by atoms with Crippen LogP contribution in [0.15, 0.2) is 36.4 Å². The van der Waals surface area contributed by atoms with Gasteiger partial charge in [-0.3, -0.25) is 4.79 Å². The zero-order chi connectivity index (χ0) is 17.5. The molecule has 24 heavy (non-hydrogen) atoms. The van der Waals surface area contributed by atoms with Crippen molar-refractivity contribution in [1.29, 1.82) is 10.5 Å². The van der Waals surface area contributed by atoms with Gasteiger partial charge in [0.2, 0.25) is 0 Å². The molecule has 0 spiro atoms. The van der Waals surface area contributed by atoms with Crippen LogP contribution in [0.4, 0.5) is 0 Å². The van der Waals surface area contributed by atoms with Gasteiger partial charge in [-0.05, 0) is 49.2 Å². The summed E-state index contributed by atoms with van der Waals surface area (Å²) in [4.78, 5) is 11.5. The van der Waals surface area contributed by atoms with E-state index in [9.17, 15) is 4.79 Å². The van der Waals surface area contributed by atoms with Gasteiger partial charge in [0.25, 0.3) is 0 Å². The first-order chi connectivity index (χ1) is 11.5. The minimum Gasteiger partial charge on any atom is -0.466 e. The lowest BCUT2D eigenvalue weighted by Gasteiger charge is -2.11. The minimum atomic E-state index is -0.272. The van der Waals surface area contributed by atoms with Crippen LogP contribution in [0.2, 0.25) is 0 Å². The summed E-state index contributed by atoms with van der Waals surface area (Å²) in [7, 11) is 0. The summed E-state index contributed by atoms with van der Waals surface area (Å²) in [6.07, 6.45) is 0.206. The fourth-order valence-electron chi connectivity index (χ4n) is 2.23. The third kappa shape index (κ3) is 4.34. The van der Waals surface area contributed by atoms with E-state index in [-0.39, 0.29) is 12.4 Å². The first kappa shape index (κ1) is 17.1. The van der Waals surface area contributed by atoms with E-state index < -0.39 is 0 Å². The molecule has 2 rings (SSSR count).